The molecule has 7 nitrogen and oxygen atoms in total. The van der Waals surface area contributed by atoms with Gasteiger partial charge < -0.3 is 14.5 Å². The van der Waals surface area contributed by atoms with Gasteiger partial charge in [0, 0.05) is 23.7 Å². The van der Waals surface area contributed by atoms with Crippen molar-refractivity contribution >= 4 is 20.0 Å². The fourth-order valence-corrected chi connectivity index (χ4v) is 5.57. The van der Waals surface area contributed by atoms with Gasteiger partial charge in [-0.3, -0.25) is 9.36 Å². The molecule has 1 unspecified atom stereocenters. The molecule has 1 aromatic heterocycles. The number of hydrogen-bond acceptors (Lipinski definition) is 5. The Labute approximate surface area is 203 Å². The average Bonchev–Trinajstić information content (AvgIpc) is 3.36. The van der Waals surface area contributed by atoms with Gasteiger partial charge in [-0.05, 0) is 55.4 Å². The molecule has 1 N–H and O–H groups in total. The Bertz CT molecular complexity index is 1120. The molecule has 8 heteroatoms. The van der Waals surface area contributed by atoms with Crippen LogP contribution in [0.25, 0.3) is 0 Å². The summed E-state index contributed by atoms with van der Waals surface area (Å²) in [5.41, 5.74) is 0.873. The first kappa shape index (κ1) is 24.8. The van der Waals surface area contributed by atoms with Crippen molar-refractivity contribution in [2.75, 3.05) is 5.32 Å². The lowest BCUT2D eigenvalue weighted by Crippen LogP contribution is -2.47. The van der Waals surface area contributed by atoms with Crippen molar-refractivity contribution in [1.29, 1.82) is 0 Å². The number of rotatable bonds is 6. The summed E-state index contributed by atoms with van der Waals surface area (Å²) in [6.07, 6.45) is 4.04. The van der Waals surface area contributed by atoms with Gasteiger partial charge in [0.1, 0.15) is 12.0 Å². The third kappa shape index (κ3) is 4.90. The molecule has 0 radical (unpaired) electrons. The van der Waals surface area contributed by atoms with E-state index in [1.165, 1.54) is 0 Å². The molecule has 3 atom stereocenters. The fourth-order valence-electron chi connectivity index (χ4n) is 4.24. The number of nitrogens with one attached hydrogen (secondary N) is 1. The normalized spacial score (nSPS) is 24.1. The largest absolute Gasteiger partial charge is 0.411 e. The van der Waals surface area contributed by atoms with E-state index >= 15 is 0 Å². The second-order valence-electron chi connectivity index (χ2n) is 11.6. The van der Waals surface area contributed by atoms with E-state index in [9.17, 15) is 9.59 Å². The lowest BCUT2D eigenvalue weighted by atomic mass is 9.97. The van der Waals surface area contributed by atoms with Gasteiger partial charge in [-0.15, -0.1) is 0 Å². The van der Waals surface area contributed by atoms with Crippen molar-refractivity contribution in [3.8, 4) is 0 Å². The summed E-state index contributed by atoms with van der Waals surface area (Å²) < 4.78 is 14.9. The minimum atomic E-state index is -2.01. The number of aromatic nitrogens is 2. The van der Waals surface area contributed by atoms with Gasteiger partial charge in [0.15, 0.2) is 8.32 Å². The molecule has 1 saturated carbocycles. The van der Waals surface area contributed by atoms with Gasteiger partial charge in [-0.1, -0.05) is 45.9 Å². The van der Waals surface area contributed by atoms with Crippen LogP contribution in [-0.4, -0.2) is 36.0 Å². The highest BCUT2D eigenvalue weighted by atomic mass is 28.4. The summed E-state index contributed by atoms with van der Waals surface area (Å²) >= 11 is 0. The maximum Gasteiger partial charge on any atom is 0.351 e. The minimum Gasteiger partial charge on any atom is -0.411 e. The number of ether oxygens (including phenoxy) is 1. The SMILES string of the molecule is Cc1cn([C@H]2CC(O[Si](C)(C)C(C)(C)C)[C@@H](C3(C)CC3)O2)c(=O)nc1NC(=O)c1ccccc1. The Morgan fingerprint density at radius 3 is 2.47 bits per heavy atom. The van der Waals surface area contributed by atoms with Crippen molar-refractivity contribution < 1.29 is 14.0 Å². The zero-order valence-electron chi connectivity index (χ0n) is 21.3. The molecule has 2 heterocycles. The van der Waals surface area contributed by atoms with Gasteiger partial charge in [-0.2, -0.15) is 4.98 Å². The van der Waals surface area contributed by atoms with Crippen LogP contribution in [0.3, 0.4) is 0 Å². The van der Waals surface area contributed by atoms with Crippen molar-refractivity contribution in [3.63, 3.8) is 0 Å². The molecule has 0 spiro atoms. The Kier molecular flexibility index (Phi) is 6.37. The van der Waals surface area contributed by atoms with Crippen LogP contribution in [0.1, 0.15) is 69.1 Å². The molecule has 4 rings (SSSR count). The summed E-state index contributed by atoms with van der Waals surface area (Å²) in [4.78, 5) is 29.7. The number of carbonyl (C=O) groups excluding carboxylic acids is 1. The van der Waals surface area contributed by atoms with E-state index in [1.807, 2.05) is 13.0 Å². The highest BCUT2D eigenvalue weighted by Gasteiger charge is 2.56. The predicted octanol–water partition coefficient (Wildman–Crippen LogP) is 5.28. The lowest BCUT2D eigenvalue weighted by molar-refractivity contribution is -0.0522. The van der Waals surface area contributed by atoms with E-state index in [0.717, 1.165) is 12.8 Å². The standard InChI is InChI=1S/C26H37N3O4Si/c1-17-16-29(24(31)28-22(17)27-23(30)18-11-9-8-10-12-18)20-15-19(21(32-20)26(5)13-14-26)33-34(6,7)25(2,3)4/h8-12,16,19-21H,13-15H2,1-7H3,(H,27,28,30,31)/t19?,20-,21+/m1/s1. The number of benzene rings is 1. The van der Waals surface area contributed by atoms with Crippen LogP contribution in [0.4, 0.5) is 5.82 Å². The second kappa shape index (κ2) is 8.73. The molecule has 0 bridgehead atoms. The molecule has 1 aliphatic carbocycles. The smallest absolute Gasteiger partial charge is 0.351 e. The maximum atomic E-state index is 13.0. The zero-order valence-corrected chi connectivity index (χ0v) is 22.3. The quantitative estimate of drug-likeness (QED) is 0.565. The van der Waals surface area contributed by atoms with Crippen LogP contribution in [0.5, 0.6) is 0 Å². The third-order valence-electron chi connectivity index (χ3n) is 7.77. The van der Waals surface area contributed by atoms with E-state index in [0.29, 0.717) is 17.5 Å². The van der Waals surface area contributed by atoms with E-state index < -0.39 is 20.2 Å². The number of aryl methyl sites for hydroxylation is 1. The number of carbonyl (C=O) groups is 1. The summed E-state index contributed by atoms with van der Waals surface area (Å²) in [5, 5.41) is 2.85. The van der Waals surface area contributed by atoms with Crippen molar-refractivity contribution in [3.05, 3.63) is 58.1 Å². The Morgan fingerprint density at radius 2 is 1.88 bits per heavy atom. The van der Waals surface area contributed by atoms with Crippen LogP contribution in [-0.2, 0) is 9.16 Å². The van der Waals surface area contributed by atoms with Crippen molar-refractivity contribution in [2.24, 2.45) is 5.41 Å². The molecule has 34 heavy (non-hydrogen) atoms. The number of amides is 1. The molecule has 1 aromatic carbocycles. The molecule has 2 aliphatic rings. The van der Waals surface area contributed by atoms with Crippen molar-refractivity contribution in [1.82, 2.24) is 9.55 Å². The average molecular weight is 484 g/mol. The first-order chi connectivity index (χ1) is 15.8. The zero-order chi connectivity index (χ0) is 24.9. The van der Waals surface area contributed by atoms with Gasteiger partial charge in [0.25, 0.3) is 5.91 Å². The van der Waals surface area contributed by atoms with E-state index in [-0.39, 0.29) is 34.4 Å². The van der Waals surface area contributed by atoms with E-state index in [1.54, 1.807) is 35.0 Å². The molecule has 1 saturated heterocycles. The Morgan fingerprint density at radius 1 is 1.24 bits per heavy atom. The summed E-state index contributed by atoms with van der Waals surface area (Å²) in [6, 6.07) is 8.88. The highest BCUT2D eigenvalue weighted by Crippen LogP contribution is 2.55. The van der Waals surface area contributed by atoms with Crippen LogP contribution >= 0.6 is 0 Å². The van der Waals surface area contributed by atoms with Crippen LogP contribution in [0, 0.1) is 12.3 Å². The number of anilines is 1. The first-order valence-corrected chi connectivity index (χ1v) is 15.0. The molecular weight excluding hydrogens is 446 g/mol. The third-order valence-corrected chi connectivity index (χ3v) is 12.3. The summed E-state index contributed by atoms with van der Waals surface area (Å²) in [7, 11) is -2.01. The second-order valence-corrected chi connectivity index (χ2v) is 16.4. The summed E-state index contributed by atoms with van der Waals surface area (Å²) in [6.45, 7) is 15.3. The van der Waals surface area contributed by atoms with Crippen molar-refractivity contribution in [2.45, 2.75) is 90.4 Å². The topological polar surface area (TPSA) is 82.4 Å². The maximum absolute atomic E-state index is 13.0. The van der Waals surface area contributed by atoms with Gasteiger partial charge in [0.2, 0.25) is 0 Å². The Balaban J connectivity index is 1.56. The van der Waals surface area contributed by atoms with Crippen LogP contribution in [0.15, 0.2) is 41.3 Å². The number of nitrogens with zero attached hydrogens (tertiary/aromatic N) is 2. The fraction of sp³-hybridized carbons (Fsp3) is 0.577. The molecule has 2 aromatic rings. The van der Waals surface area contributed by atoms with Crippen LogP contribution < -0.4 is 11.0 Å². The van der Waals surface area contributed by atoms with Gasteiger partial charge in [-0.25, -0.2) is 4.79 Å². The monoisotopic (exact) mass is 483 g/mol. The number of hydrogen-bond donors (Lipinski definition) is 1. The Hall–Kier alpha value is -2.29. The minimum absolute atomic E-state index is 0.0451. The van der Waals surface area contributed by atoms with Gasteiger partial charge >= 0.3 is 5.69 Å². The first-order valence-electron chi connectivity index (χ1n) is 12.1. The summed E-state index contributed by atoms with van der Waals surface area (Å²) in [5.74, 6) is -0.0251. The molecular formula is C26H37N3O4Si. The highest BCUT2D eigenvalue weighted by molar-refractivity contribution is 6.74. The predicted molar refractivity (Wildman–Crippen MR) is 136 cm³/mol. The molecule has 1 aliphatic heterocycles. The van der Waals surface area contributed by atoms with Gasteiger partial charge in [0.05, 0.1) is 12.2 Å². The molecule has 184 valence electrons. The van der Waals surface area contributed by atoms with Crippen LogP contribution in [0.2, 0.25) is 18.1 Å². The lowest BCUT2D eigenvalue weighted by Gasteiger charge is -2.40. The molecule has 2 fully saturated rings. The molecule has 1 amide bonds. The van der Waals surface area contributed by atoms with E-state index in [4.69, 9.17) is 9.16 Å². The van der Waals surface area contributed by atoms with E-state index in [2.05, 4.69) is 51.1 Å².